The summed E-state index contributed by atoms with van der Waals surface area (Å²) < 4.78 is 45.1. The number of hydrogen-bond acceptors (Lipinski definition) is 5. The Morgan fingerprint density at radius 3 is 1.60 bits per heavy atom. The van der Waals surface area contributed by atoms with Crippen molar-refractivity contribution in [3.63, 3.8) is 0 Å². The van der Waals surface area contributed by atoms with Gasteiger partial charge < -0.3 is 14.2 Å². The number of aryl methyl sites for hydroxylation is 1. The fourth-order valence-electron chi connectivity index (χ4n) is 5.39. The summed E-state index contributed by atoms with van der Waals surface area (Å²) in [5, 5.41) is 0. The molecule has 4 aromatic carbocycles. The van der Waals surface area contributed by atoms with Crippen LogP contribution in [0.1, 0.15) is 70.2 Å². The number of fused-ring (bicyclic) bond motifs is 3. The number of esters is 2. The maximum Gasteiger partial charge on any atom is 0.343 e. The molecular formula is C35H32F2O5. The highest BCUT2D eigenvalue weighted by molar-refractivity contribution is 5.92. The van der Waals surface area contributed by atoms with E-state index < -0.39 is 29.0 Å². The number of rotatable bonds is 9. The largest absolute Gasteiger partial charge is 0.423 e. The fraction of sp³-hybridized carbons (Fsp3) is 0.257. The molecule has 0 unspecified atom stereocenters. The minimum Gasteiger partial charge on any atom is -0.423 e. The second-order valence-corrected chi connectivity index (χ2v) is 10.9. The van der Waals surface area contributed by atoms with Crippen LogP contribution >= 0.6 is 0 Å². The van der Waals surface area contributed by atoms with Gasteiger partial charge in [-0.3, -0.25) is 0 Å². The van der Waals surface area contributed by atoms with Gasteiger partial charge in [0, 0.05) is 12.5 Å². The lowest BCUT2D eigenvalue weighted by Gasteiger charge is -2.22. The standard InChI is InChI=1S/C35H32F2O5/c1-5-6-21-7-9-23(17-31(21)36)33(38)41-25-11-13-27-28-14-12-26(20-30(28)35(2,3)29(27)19-25)42-34(39)24-10-8-22(15-16-40-4)32(37)18-24/h7-14,17-20H,5-6,15-16H2,1-4H3. The molecule has 5 nitrogen and oxygen atoms in total. The maximum absolute atomic E-state index is 14.5. The molecule has 0 amide bonds. The highest BCUT2D eigenvalue weighted by Crippen LogP contribution is 2.50. The van der Waals surface area contributed by atoms with Gasteiger partial charge in [-0.25, -0.2) is 18.4 Å². The number of methoxy groups -OCH3 is 1. The normalized spacial score (nSPS) is 12.9. The average molecular weight is 571 g/mol. The Morgan fingerprint density at radius 1 is 0.690 bits per heavy atom. The van der Waals surface area contributed by atoms with Gasteiger partial charge in [-0.2, -0.15) is 0 Å². The zero-order valence-corrected chi connectivity index (χ0v) is 24.1. The molecule has 0 N–H and O–H groups in total. The van der Waals surface area contributed by atoms with Gasteiger partial charge in [0.25, 0.3) is 0 Å². The van der Waals surface area contributed by atoms with Gasteiger partial charge in [0.1, 0.15) is 23.1 Å². The molecule has 216 valence electrons. The lowest BCUT2D eigenvalue weighted by Crippen LogP contribution is -2.16. The molecule has 0 aromatic heterocycles. The summed E-state index contributed by atoms with van der Waals surface area (Å²) in [4.78, 5) is 25.6. The van der Waals surface area contributed by atoms with Crippen molar-refractivity contribution in [2.24, 2.45) is 0 Å². The highest BCUT2D eigenvalue weighted by atomic mass is 19.1. The molecule has 0 saturated heterocycles. The van der Waals surface area contributed by atoms with E-state index in [2.05, 4.69) is 0 Å². The second-order valence-electron chi connectivity index (χ2n) is 10.9. The van der Waals surface area contributed by atoms with Crippen LogP contribution in [0.3, 0.4) is 0 Å². The molecule has 0 radical (unpaired) electrons. The lowest BCUT2D eigenvalue weighted by atomic mass is 9.82. The molecule has 7 heteroatoms. The van der Waals surface area contributed by atoms with Crippen molar-refractivity contribution in [2.45, 2.75) is 45.4 Å². The highest BCUT2D eigenvalue weighted by Gasteiger charge is 2.36. The Morgan fingerprint density at radius 2 is 1.17 bits per heavy atom. The summed E-state index contributed by atoms with van der Waals surface area (Å²) >= 11 is 0. The van der Waals surface area contributed by atoms with E-state index in [1.807, 2.05) is 45.0 Å². The first-order valence-corrected chi connectivity index (χ1v) is 13.9. The summed E-state index contributed by atoms with van der Waals surface area (Å²) in [6, 6.07) is 19.5. The molecule has 1 aliphatic rings. The number of hydrogen-bond donors (Lipinski definition) is 0. The molecule has 0 fully saturated rings. The van der Waals surface area contributed by atoms with E-state index in [1.165, 1.54) is 12.1 Å². The molecule has 0 atom stereocenters. The van der Waals surface area contributed by atoms with Crippen molar-refractivity contribution in [2.75, 3.05) is 13.7 Å². The van der Waals surface area contributed by atoms with Crippen LogP contribution < -0.4 is 9.47 Å². The van der Waals surface area contributed by atoms with Gasteiger partial charge in [-0.15, -0.1) is 0 Å². The Balaban J connectivity index is 1.33. The lowest BCUT2D eigenvalue weighted by molar-refractivity contribution is 0.0724. The third-order valence-electron chi connectivity index (χ3n) is 7.71. The maximum atomic E-state index is 14.5. The van der Waals surface area contributed by atoms with Crippen LogP contribution in [-0.4, -0.2) is 25.7 Å². The van der Waals surface area contributed by atoms with Gasteiger partial charge in [0.15, 0.2) is 0 Å². The Bertz CT molecular complexity index is 1670. The van der Waals surface area contributed by atoms with Crippen LogP contribution in [0.4, 0.5) is 8.78 Å². The number of carbonyl (C=O) groups excluding carboxylic acids is 2. The summed E-state index contributed by atoms with van der Waals surface area (Å²) in [5.74, 6) is -1.51. The monoisotopic (exact) mass is 570 g/mol. The number of carbonyl (C=O) groups is 2. The van der Waals surface area contributed by atoms with E-state index in [0.717, 1.165) is 28.7 Å². The van der Waals surface area contributed by atoms with Crippen LogP contribution in [-0.2, 0) is 23.0 Å². The number of benzene rings is 4. The van der Waals surface area contributed by atoms with Gasteiger partial charge >= 0.3 is 11.9 Å². The van der Waals surface area contributed by atoms with E-state index in [0.29, 0.717) is 42.1 Å². The Labute approximate surface area is 244 Å². The summed E-state index contributed by atoms with van der Waals surface area (Å²) in [7, 11) is 1.55. The van der Waals surface area contributed by atoms with Crippen molar-refractivity contribution in [3.8, 4) is 22.6 Å². The van der Waals surface area contributed by atoms with Crippen LogP contribution in [0.15, 0.2) is 72.8 Å². The van der Waals surface area contributed by atoms with E-state index in [1.54, 1.807) is 43.5 Å². The molecule has 42 heavy (non-hydrogen) atoms. The molecule has 0 aliphatic heterocycles. The number of ether oxygens (including phenoxy) is 3. The van der Waals surface area contributed by atoms with Crippen molar-refractivity contribution in [3.05, 3.63) is 118 Å². The molecule has 0 heterocycles. The van der Waals surface area contributed by atoms with Crippen molar-refractivity contribution >= 4 is 11.9 Å². The first-order valence-electron chi connectivity index (χ1n) is 13.9. The summed E-state index contributed by atoms with van der Waals surface area (Å²) in [5.41, 5.74) is 4.59. The molecule has 0 bridgehead atoms. The number of halogens is 2. The van der Waals surface area contributed by atoms with Gasteiger partial charge in [0.05, 0.1) is 17.7 Å². The Hall–Kier alpha value is -4.36. The van der Waals surface area contributed by atoms with E-state index in [4.69, 9.17) is 14.2 Å². The first-order chi connectivity index (χ1) is 20.1. The fourth-order valence-corrected chi connectivity index (χ4v) is 5.39. The van der Waals surface area contributed by atoms with Crippen molar-refractivity contribution < 1.29 is 32.6 Å². The zero-order valence-electron chi connectivity index (χ0n) is 24.1. The molecule has 0 spiro atoms. The predicted octanol–water partition coefficient (Wildman–Crippen LogP) is 7.85. The second kappa shape index (κ2) is 11.9. The minimum atomic E-state index is -0.658. The molecule has 0 saturated carbocycles. The average Bonchev–Trinajstić information content (AvgIpc) is 3.19. The van der Waals surface area contributed by atoms with Gasteiger partial charge in [-0.1, -0.05) is 51.5 Å². The minimum absolute atomic E-state index is 0.114. The van der Waals surface area contributed by atoms with Crippen LogP contribution in [0.25, 0.3) is 11.1 Å². The third-order valence-corrected chi connectivity index (χ3v) is 7.71. The van der Waals surface area contributed by atoms with Crippen molar-refractivity contribution in [1.82, 2.24) is 0 Å². The van der Waals surface area contributed by atoms with Crippen molar-refractivity contribution in [1.29, 1.82) is 0 Å². The molecule has 1 aliphatic carbocycles. The first kappa shape index (κ1) is 29.1. The Kier molecular flexibility index (Phi) is 8.23. The van der Waals surface area contributed by atoms with Gasteiger partial charge in [-0.05, 0) is 94.8 Å². The summed E-state index contributed by atoms with van der Waals surface area (Å²) in [6.07, 6.45) is 1.81. The van der Waals surface area contributed by atoms with E-state index in [9.17, 15) is 18.4 Å². The van der Waals surface area contributed by atoms with E-state index in [-0.39, 0.29) is 11.1 Å². The third kappa shape index (κ3) is 5.70. The quantitative estimate of drug-likeness (QED) is 0.152. The molecular weight excluding hydrogens is 538 g/mol. The van der Waals surface area contributed by atoms with E-state index >= 15 is 0 Å². The molecule has 4 aromatic rings. The predicted molar refractivity (Wildman–Crippen MR) is 156 cm³/mol. The smallest absolute Gasteiger partial charge is 0.343 e. The van der Waals surface area contributed by atoms with Crippen LogP contribution in [0.5, 0.6) is 11.5 Å². The van der Waals surface area contributed by atoms with Gasteiger partial charge in [0.2, 0.25) is 0 Å². The molecule has 5 rings (SSSR count). The SMILES string of the molecule is CCCc1ccc(C(=O)Oc2ccc3c(c2)C(C)(C)c2cc(OC(=O)c4ccc(CCOC)c(F)c4)ccc2-3)cc1F. The topological polar surface area (TPSA) is 61.8 Å². The van der Waals surface area contributed by atoms with Crippen LogP contribution in [0.2, 0.25) is 0 Å². The summed E-state index contributed by atoms with van der Waals surface area (Å²) in [6.45, 7) is 6.41. The van der Waals surface area contributed by atoms with Crippen LogP contribution in [0, 0.1) is 11.6 Å². The zero-order chi connectivity index (χ0) is 30.0.